The van der Waals surface area contributed by atoms with Gasteiger partial charge >= 0.3 is 0 Å². The van der Waals surface area contributed by atoms with E-state index in [0.717, 1.165) is 59.7 Å². The molecule has 164 valence electrons. The van der Waals surface area contributed by atoms with Crippen LogP contribution >= 0.6 is 23.2 Å². The van der Waals surface area contributed by atoms with Crippen molar-refractivity contribution in [3.05, 3.63) is 97.7 Å². The van der Waals surface area contributed by atoms with Crippen LogP contribution in [0, 0.1) is 0 Å². The molecule has 2 aromatic heterocycles. The van der Waals surface area contributed by atoms with E-state index in [9.17, 15) is 4.79 Å². The van der Waals surface area contributed by atoms with Gasteiger partial charge in [0.15, 0.2) is 0 Å². The highest BCUT2D eigenvalue weighted by Gasteiger charge is 2.20. The van der Waals surface area contributed by atoms with Crippen LogP contribution in [0.15, 0.2) is 59.7 Å². The fraction of sp³-hybridized carbons (Fsp3) is 0.250. The Kier molecular flexibility index (Phi) is 6.02. The van der Waals surface area contributed by atoms with Crippen molar-refractivity contribution < 1.29 is 4.84 Å². The maximum atomic E-state index is 12.8. The van der Waals surface area contributed by atoms with Crippen LogP contribution in [-0.4, -0.2) is 35.8 Å². The van der Waals surface area contributed by atoms with Gasteiger partial charge in [-0.15, -0.1) is 0 Å². The van der Waals surface area contributed by atoms with Gasteiger partial charge in [0, 0.05) is 43.9 Å². The molecular weight excluding hydrogens is 447 g/mol. The molecule has 1 N–H and O–H groups in total. The van der Waals surface area contributed by atoms with Gasteiger partial charge in [0.2, 0.25) is 0 Å². The molecule has 0 spiro atoms. The fourth-order valence-corrected chi connectivity index (χ4v) is 4.44. The Bertz CT molecular complexity index is 1250. The van der Waals surface area contributed by atoms with Gasteiger partial charge in [-0.3, -0.25) is 14.6 Å². The normalized spacial score (nSPS) is 15.9. The van der Waals surface area contributed by atoms with Crippen LogP contribution < -0.4 is 15.9 Å². The topological polar surface area (TPSA) is 59.4 Å². The third-order valence-corrected chi connectivity index (χ3v) is 6.54. The predicted octanol–water partition coefficient (Wildman–Crippen LogP) is 3.93. The van der Waals surface area contributed by atoms with E-state index in [1.54, 1.807) is 22.8 Å². The minimum Gasteiger partial charge on any atom is -0.367 e. The average molecular weight is 469 g/mol. The zero-order valence-electron chi connectivity index (χ0n) is 17.4. The van der Waals surface area contributed by atoms with Crippen LogP contribution in [0.5, 0.6) is 0 Å². The second-order valence-corrected chi connectivity index (χ2v) is 8.68. The van der Waals surface area contributed by atoms with E-state index in [0.29, 0.717) is 23.2 Å². The first-order valence-corrected chi connectivity index (χ1v) is 11.3. The molecule has 8 heteroatoms. The molecule has 0 saturated carbocycles. The van der Waals surface area contributed by atoms with Crippen LogP contribution in [0.25, 0.3) is 5.57 Å². The Labute approximate surface area is 196 Å². The predicted molar refractivity (Wildman–Crippen MR) is 127 cm³/mol. The largest absolute Gasteiger partial charge is 0.367 e. The molecule has 0 radical (unpaired) electrons. The Balaban J connectivity index is 1.40. The van der Waals surface area contributed by atoms with Crippen LogP contribution in [0.2, 0.25) is 10.0 Å². The van der Waals surface area contributed by atoms with Crippen LogP contribution in [0.1, 0.15) is 22.4 Å². The highest BCUT2D eigenvalue weighted by atomic mass is 35.5. The molecule has 1 aliphatic carbocycles. The number of nitrogens with zero attached hydrogens (tertiary/aromatic N) is 3. The van der Waals surface area contributed by atoms with Crippen molar-refractivity contribution in [1.82, 2.24) is 15.0 Å². The summed E-state index contributed by atoms with van der Waals surface area (Å²) in [5.41, 5.74) is 8.94. The van der Waals surface area contributed by atoms with Crippen molar-refractivity contribution in [2.24, 2.45) is 0 Å². The molecule has 3 aromatic rings. The monoisotopic (exact) mass is 468 g/mol. The third kappa shape index (κ3) is 4.32. The van der Waals surface area contributed by atoms with Crippen molar-refractivity contribution in [2.45, 2.75) is 13.0 Å². The molecule has 0 amide bonds. The number of halogens is 2. The lowest BCUT2D eigenvalue weighted by atomic mass is 10.0. The van der Waals surface area contributed by atoms with Gasteiger partial charge in [-0.25, -0.2) is 5.48 Å². The molecular formula is C24H22Cl2N4O2. The number of anilines is 1. The highest BCUT2D eigenvalue weighted by Crippen LogP contribution is 2.33. The first-order valence-electron chi connectivity index (χ1n) is 10.5. The minimum atomic E-state index is -0.0669. The summed E-state index contributed by atoms with van der Waals surface area (Å²) in [6.07, 6.45) is 6.67. The molecule has 0 bridgehead atoms. The van der Waals surface area contributed by atoms with Gasteiger partial charge < -0.3 is 9.47 Å². The van der Waals surface area contributed by atoms with Crippen molar-refractivity contribution >= 4 is 34.5 Å². The molecule has 1 fully saturated rings. The van der Waals surface area contributed by atoms with Gasteiger partial charge in [-0.05, 0) is 41.0 Å². The lowest BCUT2D eigenvalue weighted by Gasteiger charge is -2.22. The SMILES string of the molecule is O=c1cc(C2=CCc3ncc(N4CCNOCC4)cc32)ccn1Cc1ccc(Cl)c(Cl)c1. The number of hydrogen-bond donors (Lipinski definition) is 1. The maximum Gasteiger partial charge on any atom is 0.251 e. The number of aromatic nitrogens is 2. The number of nitrogens with one attached hydrogen (secondary N) is 1. The zero-order chi connectivity index (χ0) is 22.1. The first kappa shape index (κ1) is 21.2. The van der Waals surface area contributed by atoms with E-state index in [1.165, 1.54) is 0 Å². The number of allylic oxidation sites excluding steroid dienone is 1. The smallest absolute Gasteiger partial charge is 0.251 e. The quantitative estimate of drug-likeness (QED) is 0.628. The van der Waals surface area contributed by atoms with E-state index in [2.05, 4.69) is 22.5 Å². The van der Waals surface area contributed by atoms with Crippen molar-refractivity contribution in [2.75, 3.05) is 31.1 Å². The van der Waals surface area contributed by atoms with Crippen molar-refractivity contribution in [1.29, 1.82) is 0 Å². The van der Waals surface area contributed by atoms with E-state index < -0.39 is 0 Å². The standard InChI is InChI=1S/C24H22Cl2N4O2/c25-21-3-1-16(11-22(21)26)15-30-7-5-17(12-24(30)31)19-2-4-23-20(19)13-18(14-27-23)29-8-6-28-32-10-9-29/h1-3,5,7,11-14,28H,4,6,8-10,15H2. The third-order valence-electron chi connectivity index (χ3n) is 5.80. The summed E-state index contributed by atoms with van der Waals surface area (Å²) in [7, 11) is 0. The molecule has 3 heterocycles. The molecule has 1 saturated heterocycles. The Hall–Kier alpha value is -2.64. The van der Waals surface area contributed by atoms with Gasteiger partial charge in [0.05, 0.1) is 40.8 Å². The number of hydrogen-bond acceptors (Lipinski definition) is 5. The van der Waals surface area contributed by atoms with Crippen molar-refractivity contribution in [3.8, 4) is 0 Å². The summed E-state index contributed by atoms with van der Waals surface area (Å²) in [6.45, 7) is 3.47. The fourth-order valence-electron chi connectivity index (χ4n) is 4.12. The summed E-state index contributed by atoms with van der Waals surface area (Å²) in [6, 6.07) is 11.3. The highest BCUT2D eigenvalue weighted by molar-refractivity contribution is 6.42. The molecule has 0 unspecified atom stereocenters. The summed E-state index contributed by atoms with van der Waals surface area (Å²) >= 11 is 12.1. The second-order valence-electron chi connectivity index (χ2n) is 7.87. The number of benzene rings is 1. The summed E-state index contributed by atoms with van der Waals surface area (Å²) in [4.78, 5) is 25.1. The summed E-state index contributed by atoms with van der Waals surface area (Å²) < 4.78 is 1.67. The van der Waals surface area contributed by atoms with E-state index in [-0.39, 0.29) is 5.56 Å². The van der Waals surface area contributed by atoms with Crippen molar-refractivity contribution in [3.63, 3.8) is 0 Å². The molecule has 32 heavy (non-hydrogen) atoms. The Morgan fingerprint density at radius 3 is 2.84 bits per heavy atom. The number of hydroxylamine groups is 1. The van der Waals surface area contributed by atoms with Gasteiger partial charge in [-0.2, -0.15) is 0 Å². The van der Waals surface area contributed by atoms with Gasteiger partial charge in [0.1, 0.15) is 0 Å². The number of rotatable bonds is 4. The number of pyridine rings is 2. The van der Waals surface area contributed by atoms with E-state index in [4.69, 9.17) is 33.0 Å². The maximum absolute atomic E-state index is 12.8. The molecule has 1 aromatic carbocycles. The average Bonchev–Trinajstić information content (AvgIpc) is 3.02. The Morgan fingerprint density at radius 1 is 1.09 bits per heavy atom. The lowest BCUT2D eigenvalue weighted by Crippen LogP contribution is -2.28. The molecule has 2 aliphatic rings. The molecule has 0 atom stereocenters. The molecule has 6 nitrogen and oxygen atoms in total. The van der Waals surface area contributed by atoms with E-state index >= 15 is 0 Å². The minimum absolute atomic E-state index is 0.0669. The zero-order valence-corrected chi connectivity index (χ0v) is 18.9. The number of fused-ring (bicyclic) bond motifs is 1. The van der Waals surface area contributed by atoms with Gasteiger partial charge in [0.25, 0.3) is 5.56 Å². The Morgan fingerprint density at radius 2 is 2.00 bits per heavy atom. The van der Waals surface area contributed by atoms with Crippen LogP contribution in [0.4, 0.5) is 5.69 Å². The molecule has 1 aliphatic heterocycles. The second kappa shape index (κ2) is 9.08. The van der Waals surface area contributed by atoms with Crippen LogP contribution in [-0.2, 0) is 17.8 Å². The lowest BCUT2D eigenvalue weighted by molar-refractivity contribution is 0.0589. The first-order chi connectivity index (χ1) is 15.6. The van der Waals surface area contributed by atoms with Crippen LogP contribution in [0.3, 0.4) is 0 Å². The molecule has 5 rings (SSSR count). The summed E-state index contributed by atoms with van der Waals surface area (Å²) in [5.74, 6) is 0. The summed E-state index contributed by atoms with van der Waals surface area (Å²) in [5, 5.41) is 0.985. The van der Waals surface area contributed by atoms with Gasteiger partial charge in [-0.1, -0.05) is 35.3 Å². The van der Waals surface area contributed by atoms with E-state index in [1.807, 2.05) is 24.5 Å².